The van der Waals surface area contributed by atoms with Gasteiger partial charge in [-0.15, -0.1) is 0 Å². The minimum Gasteiger partial charge on any atom is -0.358 e. The number of hydrogen-bond donors (Lipinski definition) is 3. The average molecular weight is 308 g/mol. The second kappa shape index (κ2) is 7.21. The quantitative estimate of drug-likeness (QED) is 0.451. The van der Waals surface area contributed by atoms with Gasteiger partial charge < -0.3 is 5.32 Å². The van der Waals surface area contributed by atoms with Crippen molar-refractivity contribution in [3.8, 4) is 0 Å². The Balaban J connectivity index is 1.88. The molecule has 1 aromatic carbocycles. The number of hydrazine groups is 1. The second-order valence-electron chi connectivity index (χ2n) is 5.37. The minimum atomic E-state index is -0.427. The summed E-state index contributed by atoms with van der Waals surface area (Å²) in [5.74, 6) is 0.588. The summed E-state index contributed by atoms with van der Waals surface area (Å²) in [7, 11) is 0. The molecule has 21 heavy (non-hydrogen) atoms. The molecule has 0 saturated heterocycles. The van der Waals surface area contributed by atoms with Crippen molar-refractivity contribution in [3.05, 3.63) is 34.4 Å². The van der Waals surface area contributed by atoms with Crippen LogP contribution in [0.1, 0.15) is 32.6 Å². The summed E-state index contributed by atoms with van der Waals surface area (Å²) < 4.78 is 0. The standard InChI is InChI=1S/C14H20N4O2S/c1-10-6-2-3-7-11(10)15-14(21)17-16-12-8-4-5-9-13(12)18(19)20/h4-5,8-11,16H,2-3,6-7H2,1H3,(H2,15,17,21)/t10-,11-/m1/s1. The van der Waals surface area contributed by atoms with Crippen LogP contribution in [-0.2, 0) is 0 Å². The zero-order chi connectivity index (χ0) is 15.2. The topological polar surface area (TPSA) is 79.2 Å². The van der Waals surface area contributed by atoms with Crippen LogP contribution in [0.3, 0.4) is 0 Å². The number of nitrogens with zero attached hydrogens (tertiary/aromatic N) is 1. The van der Waals surface area contributed by atoms with Crippen molar-refractivity contribution in [1.29, 1.82) is 0 Å². The summed E-state index contributed by atoms with van der Waals surface area (Å²) in [6.45, 7) is 2.22. The van der Waals surface area contributed by atoms with Crippen molar-refractivity contribution >= 4 is 28.7 Å². The maximum Gasteiger partial charge on any atom is 0.294 e. The molecule has 6 nitrogen and oxygen atoms in total. The SMILES string of the molecule is C[C@@H]1CCCC[C@H]1NC(=S)NNc1ccccc1[N+](=O)[O-]. The summed E-state index contributed by atoms with van der Waals surface area (Å²) in [5, 5.41) is 14.7. The zero-order valence-corrected chi connectivity index (χ0v) is 12.8. The van der Waals surface area contributed by atoms with Crippen LogP contribution in [0.15, 0.2) is 24.3 Å². The average Bonchev–Trinajstić information content (AvgIpc) is 2.48. The van der Waals surface area contributed by atoms with Gasteiger partial charge in [0, 0.05) is 12.1 Å². The van der Waals surface area contributed by atoms with Gasteiger partial charge in [0.25, 0.3) is 5.69 Å². The normalized spacial score (nSPS) is 21.4. The Morgan fingerprint density at radius 2 is 2.05 bits per heavy atom. The third kappa shape index (κ3) is 4.29. The summed E-state index contributed by atoms with van der Waals surface area (Å²) >= 11 is 5.24. The maximum absolute atomic E-state index is 10.9. The molecule has 1 aliphatic carbocycles. The maximum atomic E-state index is 10.9. The molecule has 0 aromatic heterocycles. The van der Waals surface area contributed by atoms with E-state index in [1.807, 2.05) is 0 Å². The number of nitrogens with one attached hydrogen (secondary N) is 3. The third-order valence-corrected chi connectivity index (χ3v) is 4.06. The van der Waals surface area contributed by atoms with Crippen molar-refractivity contribution in [3.63, 3.8) is 0 Å². The van der Waals surface area contributed by atoms with Crippen molar-refractivity contribution < 1.29 is 4.92 Å². The Bertz CT molecular complexity index is 523. The lowest BCUT2D eigenvalue weighted by atomic mass is 9.86. The van der Waals surface area contributed by atoms with Gasteiger partial charge in [0.05, 0.1) is 4.92 Å². The summed E-state index contributed by atoms with van der Waals surface area (Å²) in [6, 6.07) is 6.81. The number of hydrogen-bond acceptors (Lipinski definition) is 4. The molecule has 0 radical (unpaired) electrons. The lowest BCUT2D eigenvalue weighted by Crippen LogP contribution is -2.47. The molecule has 0 unspecified atom stereocenters. The van der Waals surface area contributed by atoms with Crippen molar-refractivity contribution in [1.82, 2.24) is 10.7 Å². The number of benzene rings is 1. The van der Waals surface area contributed by atoms with E-state index in [1.54, 1.807) is 18.2 Å². The van der Waals surface area contributed by atoms with Gasteiger partial charge >= 0.3 is 0 Å². The van der Waals surface area contributed by atoms with Crippen molar-refractivity contribution in [2.75, 3.05) is 5.43 Å². The first-order valence-electron chi connectivity index (χ1n) is 7.14. The smallest absolute Gasteiger partial charge is 0.294 e. The van der Waals surface area contributed by atoms with Crippen LogP contribution in [0, 0.1) is 16.0 Å². The van der Waals surface area contributed by atoms with E-state index in [1.165, 1.54) is 25.3 Å². The molecule has 3 N–H and O–H groups in total. The Kier molecular flexibility index (Phi) is 5.32. The fourth-order valence-electron chi connectivity index (χ4n) is 2.60. The number of thiocarbonyl (C=S) groups is 1. The molecule has 0 aliphatic heterocycles. The molecule has 1 aliphatic rings. The molecule has 0 heterocycles. The Hall–Kier alpha value is -1.89. The van der Waals surface area contributed by atoms with Gasteiger partial charge in [-0.1, -0.05) is 31.9 Å². The van der Waals surface area contributed by atoms with Gasteiger partial charge in [0.2, 0.25) is 0 Å². The molecule has 1 saturated carbocycles. The molecule has 1 aromatic rings. The van der Waals surface area contributed by atoms with Gasteiger partial charge in [-0.2, -0.15) is 0 Å². The van der Waals surface area contributed by atoms with Crippen molar-refractivity contribution in [2.24, 2.45) is 5.92 Å². The monoisotopic (exact) mass is 308 g/mol. The molecule has 2 rings (SSSR count). The summed E-state index contributed by atoms with van der Waals surface area (Å²) in [4.78, 5) is 10.5. The Morgan fingerprint density at radius 1 is 1.33 bits per heavy atom. The minimum absolute atomic E-state index is 0.0128. The van der Waals surface area contributed by atoms with Crippen LogP contribution in [0.25, 0.3) is 0 Å². The number of para-hydroxylation sites is 2. The molecule has 7 heteroatoms. The highest BCUT2D eigenvalue weighted by Gasteiger charge is 2.21. The predicted molar refractivity (Wildman–Crippen MR) is 87.0 cm³/mol. The van der Waals surface area contributed by atoms with E-state index in [2.05, 4.69) is 23.1 Å². The number of nitro groups is 1. The van der Waals surface area contributed by atoms with Crippen LogP contribution >= 0.6 is 12.2 Å². The van der Waals surface area contributed by atoms with E-state index in [0.717, 1.165) is 6.42 Å². The van der Waals surface area contributed by atoms with Crippen LogP contribution in [0.4, 0.5) is 11.4 Å². The molecule has 0 bridgehead atoms. The van der Waals surface area contributed by atoms with Gasteiger partial charge in [-0.05, 0) is 37.0 Å². The van der Waals surface area contributed by atoms with Crippen LogP contribution in [0.2, 0.25) is 0 Å². The van der Waals surface area contributed by atoms with Crippen LogP contribution < -0.4 is 16.2 Å². The fourth-order valence-corrected chi connectivity index (χ4v) is 2.80. The van der Waals surface area contributed by atoms with E-state index in [0.29, 0.717) is 22.8 Å². The Labute approximate surface area is 129 Å². The fraction of sp³-hybridized carbons (Fsp3) is 0.500. The highest BCUT2D eigenvalue weighted by atomic mass is 32.1. The Morgan fingerprint density at radius 3 is 2.76 bits per heavy atom. The van der Waals surface area contributed by atoms with Gasteiger partial charge in [-0.25, -0.2) is 0 Å². The van der Waals surface area contributed by atoms with Gasteiger partial charge in [0.15, 0.2) is 5.11 Å². The lowest BCUT2D eigenvalue weighted by molar-refractivity contribution is -0.384. The molecule has 114 valence electrons. The molecular formula is C14H20N4O2S. The first-order chi connectivity index (χ1) is 10.1. The van der Waals surface area contributed by atoms with Gasteiger partial charge in [0.1, 0.15) is 5.69 Å². The van der Waals surface area contributed by atoms with Gasteiger partial charge in [-0.3, -0.25) is 21.0 Å². The number of rotatable bonds is 4. The van der Waals surface area contributed by atoms with E-state index in [-0.39, 0.29) is 5.69 Å². The first kappa shape index (κ1) is 15.5. The summed E-state index contributed by atoms with van der Waals surface area (Å²) in [5.41, 5.74) is 6.04. The number of nitro benzene ring substituents is 1. The predicted octanol–water partition coefficient (Wildman–Crippen LogP) is 2.96. The molecule has 1 fully saturated rings. The lowest BCUT2D eigenvalue weighted by Gasteiger charge is -2.30. The van der Waals surface area contributed by atoms with Crippen LogP contribution in [-0.4, -0.2) is 16.1 Å². The molecule has 2 atom stereocenters. The van der Waals surface area contributed by atoms with E-state index >= 15 is 0 Å². The first-order valence-corrected chi connectivity index (χ1v) is 7.54. The molecule has 0 spiro atoms. The molecule has 0 amide bonds. The van der Waals surface area contributed by atoms with E-state index in [9.17, 15) is 10.1 Å². The third-order valence-electron chi connectivity index (χ3n) is 3.84. The van der Waals surface area contributed by atoms with E-state index < -0.39 is 4.92 Å². The highest BCUT2D eigenvalue weighted by molar-refractivity contribution is 7.80. The summed E-state index contributed by atoms with van der Waals surface area (Å²) in [6.07, 6.45) is 4.79. The second-order valence-corrected chi connectivity index (χ2v) is 5.77. The molecular weight excluding hydrogens is 288 g/mol. The van der Waals surface area contributed by atoms with Crippen LogP contribution in [0.5, 0.6) is 0 Å². The largest absolute Gasteiger partial charge is 0.358 e. The van der Waals surface area contributed by atoms with E-state index in [4.69, 9.17) is 12.2 Å². The number of anilines is 1. The zero-order valence-electron chi connectivity index (χ0n) is 12.0. The van der Waals surface area contributed by atoms with Crippen molar-refractivity contribution in [2.45, 2.75) is 38.6 Å². The highest BCUT2D eigenvalue weighted by Crippen LogP contribution is 2.24.